The fraction of sp³-hybridized carbons (Fsp3) is 0.350. The van der Waals surface area contributed by atoms with Gasteiger partial charge in [0, 0.05) is 30.2 Å². The summed E-state index contributed by atoms with van der Waals surface area (Å²) < 4.78 is 1.84. The summed E-state index contributed by atoms with van der Waals surface area (Å²) in [4.78, 5) is 14.3. The molecule has 5 rings (SSSR count). The van der Waals surface area contributed by atoms with Crippen LogP contribution in [0, 0.1) is 0 Å². The molecule has 0 atom stereocenters. The average molecular weight is 363 g/mol. The SMILES string of the molecule is CN(C)c1ccc(-c2nc3c4c5c(sc4ncn3n2)CCCCC5)cc1. The van der Waals surface area contributed by atoms with Gasteiger partial charge in [-0.3, -0.25) is 0 Å². The van der Waals surface area contributed by atoms with Crippen molar-refractivity contribution in [1.29, 1.82) is 0 Å². The van der Waals surface area contributed by atoms with E-state index < -0.39 is 0 Å². The van der Waals surface area contributed by atoms with Crippen LogP contribution in [-0.2, 0) is 12.8 Å². The zero-order valence-electron chi connectivity index (χ0n) is 15.1. The van der Waals surface area contributed by atoms with Crippen molar-refractivity contribution in [2.24, 2.45) is 0 Å². The first-order valence-corrected chi connectivity index (χ1v) is 9.96. The van der Waals surface area contributed by atoms with Gasteiger partial charge in [0.25, 0.3) is 0 Å². The first-order chi connectivity index (χ1) is 12.7. The minimum atomic E-state index is 0.762. The van der Waals surface area contributed by atoms with Gasteiger partial charge in [0.1, 0.15) is 11.2 Å². The Kier molecular flexibility index (Phi) is 3.67. The predicted octanol–water partition coefficient (Wildman–Crippen LogP) is 4.34. The molecule has 3 aromatic heterocycles. The van der Waals surface area contributed by atoms with Crippen LogP contribution in [-0.4, -0.2) is 33.7 Å². The van der Waals surface area contributed by atoms with Crippen LogP contribution < -0.4 is 4.90 Å². The normalized spacial score (nSPS) is 14.5. The monoisotopic (exact) mass is 363 g/mol. The van der Waals surface area contributed by atoms with Crippen LogP contribution in [0.25, 0.3) is 27.3 Å². The fourth-order valence-electron chi connectivity index (χ4n) is 3.76. The lowest BCUT2D eigenvalue weighted by Crippen LogP contribution is -2.07. The third-order valence-corrected chi connectivity index (χ3v) is 6.38. The minimum Gasteiger partial charge on any atom is -0.378 e. The predicted molar refractivity (Wildman–Crippen MR) is 107 cm³/mol. The molecule has 0 unspecified atom stereocenters. The van der Waals surface area contributed by atoms with Gasteiger partial charge in [0.15, 0.2) is 11.5 Å². The van der Waals surface area contributed by atoms with E-state index >= 15 is 0 Å². The van der Waals surface area contributed by atoms with E-state index in [1.54, 1.807) is 6.33 Å². The van der Waals surface area contributed by atoms with Crippen molar-refractivity contribution in [1.82, 2.24) is 19.6 Å². The van der Waals surface area contributed by atoms with Crippen molar-refractivity contribution in [3.05, 3.63) is 41.0 Å². The van der Waals surface area contributed by atoms with Gasteiger partial charge in [-0.05, 0) is 55.5 Å². The second kappa shape index (κ2) is 6.06. The Morgan fingerprint density at radius 1 is 1.04 bits per heavy atom. The molecule has 0 bridgehead atoms. The van der Waals surface area contributed by atoms with Crippen LogP contribution in [0.2, 0.25) is 0 Å². The third kappa shape index (κ3) is 2.48. The Bertz CT molecular complexity index is 1090. The summed E-state index contributed by atoms with van der Waals surface area (Å²) in [5.74, 6) is 0.762. The van der Waals surface area contributed by atoms with E-state index in [1.807, 2.05) is 29.9 Å². The Morgan fingerprint density at radius 3 is 2.65 bits per heavy atom. The molecule has 0 spiro atoms. The number of aromatic nitrogens is 4. The maximum Gasteiger partial charge on any atom is 0.182 e. The van der Waals surface area contributed by atoms with E-state index in [-0.39, 0.29) is 0 Å². The molecule has 0 saturated heterocycles. The number of benzene rings is 1. The summed E-state index contributed by atoms with van der Waals surface area (Å²) >= 11 is 1.84. The number of hydrogen-bond acceptors (Lipinski definition) is 5. The van der Waals surface area contributed by atoms with E-state index in [0.717, 1.165) is 28.3 Å². The van der Waals surface area contributed by atoms with E-state index in [1.165, 1.54) is 47.2 Å². The lowest BCUT2D eigenvalue weighted by Gasteiger charge is -2.11. The summed E-state index contributed by atoms with van der Waals surface area (Å²) in [6.07, 6.45) is 7.97. The molecular weight excluding hydrogens is 342 g/mol. The number of hydrogen-bond donors (Lipinski definition) is 0. The Labute approximate surface area is 156 Å². The lowest BCUT2D eigenvalue weighted by molar-refractivity contribution is 0.713. The Balaban J connectivity index is 1.67. The highest BCUT2D eigenvalue weighted by atomic mass is 32.1. The Hall–Kier alpha value is -2.47. The second-order valence-corrected chi connectivity index (χ2v) is 8.22. The summed E-state index contributed by atoms with van der Waals surface area (Å²) in [6, 6.07) is 8.38. The van der Waals surface area contributed by atoms with Crippen LogP contribution in [0.4, 0.5) is 5.69 Å². The Morgan fingerprint density at radius 2 is 1.85 bits per heavy atom. The lowest BCUT2D eigenvalue weighted by atomic mass is 10.1. The van der Waals surface area contributed by atoms with E-state index in [9.17, 15) is 0 Å². The molecule has 1 aliphatic rings. The van der Waals surface area contributed by atoms with Crippen LogP contribution in [0.15, 0.2) is 30.6 Å². The molecule has 0 saturated carbocycles. The van der Waals surface area contributed by atoms with Gasteiger partial charge in [0.2, 0.25) is 0 Å². The van der Waals surface area contributed by atoms with Crippen LogP contribution in [0.3, 0.4) is 0 Å². The van der Waals surface area contributed by atoms with Gasteiger partial charge in [-0.15, -0.1) is 16.4 Å². The van der Waals surface area contributed by atoms with Gasteiger partial charge in [-0.25, -0.2) is 14.5 Å². The molecule has 0 N–H and O–H groups in total. The molecule has 0 amide bonds. The molecule has 1 aromatic carbocycles. The largest absolute Gasteiger partial charge is 0.378 e. The van der Waals surface area contributed by atoms with Crippen molar-refractivity contribution in [3.63, 3.8) is 0 Å². The molecular formula is C20H21N5S. The first-order valence-electron chi connectivity index (χ1n) is 9.14. The van der Waals surface area contributed by atoms with Gasteiger partial charge in [-0.2, -0.15) is 0 Å². The van der Waals surface area contributed by atoms with Crippen LogP contribution >= 0.6 is 11.3 Å². The summed E-state index contributed by atoms with van der Waals surface area (Å²) in [6.45, 7) is 0. The first kappa shape index (κ1) is 15.8. The third-order valence-electron chi connectivity index (χ3n) is 5.18. The molecule has 26 heavy (non-hydrogen) atoms. The number of rotatable bonds is 2. The maximum absolute atomic E-state index is 4.90. The molecule has 3 heterocycles. The standard InChI is InChI=1S/C20H21N5S/c1-24(2)14-10-8-13(9-11-14)18-22-19-17-15-6-4-3-5-7-16(15)26-20(17)21-12-25(19)23-18/h8-12H,3-7H2,1-2H3. The highest BCUT2D eigenvalue weighted by Crippen LogP contribution is 2.36. The number of thiophene rings is 1. The quantitative estimate of drug-likeness (QED) is 0.497. The highest BCUT2D eigenvalue weighted by Gasteiger charge is 2.20. The van der Waals surface area contributed by atoms with Crippen molar-refractivity contribution >= 4 is 32.9 Å². The topological polar surface area (TPSA) is 46.3 Å². The molecule has 6 heteroatoms. The number of aryl methyl sites for hydroxylation is 2. The molecule has 132 valence electrons. The molecule has 0 fully saturated rings. The summed E-state index contributed by atoms with van der Waals surface area (Å²) in [5, 5.41) is 5.91. The van der Waals surface area contributed by atoms with Gasteiger partial charge in [-0.1, -0.05) is 6.42 Å². The van der Waals surface area contributed by atoms with Gasteiger partial charge in [0.05, 0.1) is 5.39 Å². The molecule has 0 radical (unpaired) electrons. The molecule has 0 aliphatic heterocycles. The van der Waals surface area contributed by atoms with E-state index in [2.05, 4.69) is 34.1 Å². The van der Waals surface area contributed by atoms with E-state index in [0.29, 0.717) is 0 Å². The zero-order chi connectivity index (χ0) is 17.7. The number of anilines is 1. The molecule has 5 nitrogen and oxygen atoms in total. The minimum absolute atomic E-state index is 0.762. The van der Waals surface area contributed by atoms with Gasteiger partial charge < -0.3 is 4.90 Å². The molecule has 1 aliphatic carbocycles. The van der Waals surface area contributed by atoms with Crippen LogP contribution in [0.1, 0.15) is 29.7 Å². The number of nitrogens with zero attached hydrogens (tertiary/aromatic N) is 5. The van der Waals surface area contributed by atoms with E-state index in [4.69, 9.17) is 10.1 Å². The summed E-state index contributed by atoms with van der Waals surface area (Å²) in [5.41, 5.74) is 4.61. The van der Waals surface area contributed by atoms with Crippen molar-refractivity contribution in [2.45, 2.75) is 32.1 Å². The average Bonchev–Trinajstić information content (AvgIpc) is 3.15. The van der Waals surface area contributed by atoms with Gasteiger partial charge >= 0.3 is 0 Å². The highest BCUT2D eigenvalue weighted by molar-refractivity contribution is 7.19. The molecule has 4 aromatic rings. The maximum atomic E-state index is 4.90. The summed E-state index contributed by atoms with van der Waals surface area (Å²) in [7, 11) is 4.09. The fourth-order valence-corrected chi connectivity index (χ4v) is 4.99. The number of fused-ring (bicyclic) bond motifs is 5. The smallest absolute Gasteiger partial charge is 0.182 e. The van der Waals surface area contributed by atoms with Crippen molar-refractivity contribution in [2.75, 3.05) is 19.0 Å². The van der Waals surface area contributed by atoms with Crippen molar-refractivity contribution < 1.29 is 0 Å². The van der Waals surface area contributed by atoms with Crippen LogP contribution in [0.5, 0.6) is 0 Å². The zero-order valence-corrected chi connectivity index (χ0v) is 15.9. The van der Waals surface area contributed by atoms with Crippen molar-refractivity contribution in [3.8, 4) is 11.4 Å². The second-order valence-electron chi connectivity index (χ2n) is 7.13.